The van der Waals surface area contributed by atoms with Crippen LogP contribution in [0.15, 0.2) is 60.7 Å². The number of hydrogen-bond acceptors (Lipinski definition) is 4. The van der Waals surface area contributed by atoms with E-state index in [4.69, 9.17) is 4.74 Å². The summed E-state index contributed by atoms with van der Waals surface area (Å²) in [6.45, 7) is 1.94. The van der Waals surface area contributed by atoms with Crippen LogP contribution in [-0.2, 0) is 14.3 Å². The molecule has 0 radical (unpaired) electrons. The van der Waals surface area contributed by atoms with Gasteiger partial charge in [-0.05, 0) is 25.3 Å². The first kappa shape index (κ1) is 19.0. The first-order valence-corrected chi connectivity index (χ1v) is 9.43. The zero-order chi connectivity index (χ0) is 19.3. The topological polar surface area (TPSA) is 60.4 Å². The molecule has 1 aliphatic carbocycles. The maximum atomic E-state index is 13.0. The molecule has 1 aliphatic rings. The van der Waals surface area contributed by atoms with Crippen molar-refractivity contribution in [3.63, 3.8) is 0 Å². The second kappa shape index (κ2) is 8.30. The van der Waals surface area contributed by atoms with Crippen molar-refractivity contribution < 1.29 is 19.1 Å². The van der Waals surface area contributed by atoms with Crippen LogP contribution in [0.4, 0.5) is 0 Å². The average molecular weight is 364 g/mol. The number of ketones is 2. The highest BCUT2D eigenvalue weighted by Crippen LogP contribution is 2.49. The Kier molecular flexibility index (Phi) is 5.84. The molecule has 140 valence electrons. The van der Waals surface area contributed by atoms with Crippen molar-refractivity contribution in [1.29, 1.82) is 0 Å². The highest BCUT2D eigenvalue weighted by Gasteiger charge is 2.56. The number of esters is 1. The number of benzene rings is 2. The van der Waals surface area contributed by atoms with Crippen LogP contribution in [-0.4, -0.2) is 24.1 Å². The van der Waals surface area contributed by atoms with E-state index in [1.165, 1.54) is 0 Å². The SMILES string of the molecule is CCOC(=O)C1(C(CC(=O)c2ccccc2)c2ccccc2)CCCC1=O. The predicted molar refractivity (Wildman–Crippen MR) is 102 cm³/mol. The quantitative estimate of drug-likeness (QED) is 0.416. The summed E-state index contributed by atoms with van der Waals surface area (Å²) >= 11 is 0. The Morgan fingerprint density at radius 1 is 1.04 bits per heavy atom. The van der Waals surface area contributed by atoms with Crippen LogP contribution in [0.5, 0.6) is 0 Å². The van der Waals surface area contributed by atoms with E-state index < -0.39 is 17.3 Å². The number of carbonyl (C=O) groups excluding carboxylic acids is 3. The lowest BCUT2D eigenvalue weighted by Crippen LogP contribution is -2.43. The zero-order valence-electron chi connectivity index (χ0n) is 15.5. The second-order valence-electron chi connectivity index (χ2n) is 6.93. The molecule has 1 fully saturated rings. The molecule has 3 rings (SSSR count). The highest BCUT2D eigenvalue weighted by molar-refractivity contribution is 6.07. The molecular weight excluding hydrogens is 340 g/mol. The van der Waals surface area contributed by atoms with Gasteiger partial charge in [-0.15, -0.1) is 0 Å². The van der Waals surface area contributed by atoms with Crippen LogP contribution in [0.2, 0.25) is 0 Å². The zero-order valence-corrected chi connectivity index (χ0v) is 15.5. The lowest BCUT2D eigenvalue weighted by molar-refractivity contribution is -0.160. The minimum atomic E-state index is -1.28. The number of carbonyl (C=O) groups is 3. The van der Waals surface area contributed by atoms with Crippen molar-refractivity contribution in [3.05, 3.63) is 71.8 Å². The van der Waals surface area contributed by atoms with Gasteiger partial charge in [-0.1, -0.05) is 60.7 Å². The predicted octanol–water partition coefficient (Wildman–Crippen LogP) is 4.35. The molecule has 2 aromatic carbocycles. The third-order valence-corrected chi connectivity index (χ3v) is 5.39. The molecule has 0 amide bonds. The molecule has 4 nitrogen and oxygen atoms in total. The van der Waals surface area contributed by atoms with Gasteiger partial charge in [0.05, 0.1) is 6.61 Å². The van der Waals surface area contributed by atoms with Gasteiger partial charge in [-0.3, -0.25) is 14.4 Å². The molecule has 0 aliphatic heterocycles. The summed E-state index contributed by atoms with van der Waals surface area (Å²) in [5.41, 5.74) is 0.134. The van der Waals surface area contributed by atoms with Crippen LogP contribution in [0.25, 0.3) is 0 Å². The van der Waals surface area contributed by atoms with E-state index in [1.54, 1.807) is 19.1 Å². The molecule has 0 N–H and O–H groups in total. The summed E-state index contributed by atoms with van der Waals surface area (Å²) in [5.74, 6) is -1.22. The summed E-state index contributed by atoms with van der Waals surface area (Å²) in [4.78, 5) is 38.8. The standard InChI is InChI=1S/C23H24O4/c1-2-27-22(26)23(15-9-14-21(23)25)19(17-10-5-3-6-11-17)16-20(24)18-12-7-4-8-13-18/h3-8,10-13,19H,2,9,14-16H2,1H3. The molecule has 0 saturated heterocycles. The number of ether oxygens (including phenoxy) is 1. The minimum absolute atomic E-state index is 0.0761. The van der Waals surface area contributed by atoms with Gasteiger partial charge >= 0.3 is 5.97 Å². The second-order valence-corrected chi connectivity index (χ2v) is 6.93. The smallest absolute Gasteiger partial charge is 0.320 e. The number of hydrogen-bond donors (Lipinski definition) is 0. The van der Waals surface area contributed by atoms with E-state index >= 15 is 0 Å². The van der Waals surface area contributed by atoms with Crippen molar-refractivity contribution in [3.8, 4) is 0 Å². The number of rotatable bonds is 7. The van der Waals surface area contributed by atoms with Gasteiger partial charge in [-0.25, -0.2) is 0 Å². The molecule has 2 unspecified atom stereocenters. The fraction of sp³-hybridized carbons (Fsp3) is 0.348. The average Bonchev–Trinajstić information content (AvgIpc) is 3.09. The summed E-state index contributed by atoms with van der Waals surface area (Å²) in [5, 5.41) is 0. The first-order valence-electron chi connectivity index (χ1n) is 9.43. The Morgan fingerprint density at radius 3 is 2.22 bits per heavy atom. The van der Waals surface area contributed by atoms with Gasteiger partial charge in [0.15, 0.2) is 11.6 Å². The highest BCUT2D eigenvalue weighted by atomic mass is 16.5. The molecule has 1 saturated carbocycles. The van der Waals surface area contributed by atoms with Crippen LogP contribution in [0, 0.1) is 5.41 Å². The van der Waals surface area contributed by atoms with Gasteiger partial charge in [0.2, 0.25) is 0 Å². The fourth-order valence-corrected chi connectivity index (χ4v) is 4.07. The lowest BCUT2D eigenvalue weighted by atomic mass is 9.67. The third kappa shape index (κ3) is 3.70. The van der Waals surface area contributed by atoms with E-state index in [2.05, 4.69) is 0 Å². The molecule has 0 bridgehead atoms. The van der Waals surface area contributed by atoms with Gasteiger partial charge in [0.25, 0.3) is 0 Å². The van der Waals surface area contributed by atoms with Gasteiger partial charge in [0.1, 0.15) is 5.41 Å². The van der Waals surface area contributed by atoms with Crippen molar-refractivity contribution in [2.45, 2.75) is 38.5 Å². The molecule has 2 aromatic rings. The Bertz CT molecular complexity index is 813. The summed E-state index contributed by atoms with van der Waals surface area (Å²) < 4.78 is 5.32. The van der Waals surface area contributed by atoms with Gasteiger partial charge in [0, 0.05) is 24.3 Å². The van der Waals surface area contributed by atoms with E-state index in [-0.39, 0.29) is 24.6 Å². The molecule has 4 heteroatoms. The maximum Gasteiger partial charge on any atom is 0.320 e. The molecule has 0 aromatic heterocycles. The van der Waals surface area contributed by atoms with Crippen molar-refractivity contribution >= 4 is 17.5 Å². The van der Waals surface area contributed by atoms with Crippen molar-refractivity contribution in [2.24, 2.45) is 5.41 Å². The van der Waals surface area contributed by atoms with E-state index in [0.717, 1.165) is 5.56 Å². The van der Waals surface area contributed by atoms with E-state index in [0.29, 0.717) is 24.8 Å². The molecule has 2 atom stereocenters. The number of Topliss-reactive ketones (excluding diaryl/α,β-unsaturated/α-hetero) is 2. The normalized spacial score (nSPS) is 20.3. The van der Waals surface area contributed by atoms with Crippen molar-refractivity contribution in [1.82, 2.24) is 0 Å². The van der Waals surface area contributed by atoms with Crippen LogP contribution in [0.1, 0.15) is 54.4 Å². The molecule has 27 heavy (non-hydrogen) atoms. The maximum absolute atomic E-state index is 13.0. The van der Waals surface area contributed by atoms with Crippen LogP contribution >= 0.6 is 0 Å². The molecule has 0 spiro atoms. The van der Waals surface area contributed by atoms with E-state index in [1.807, 2.05) is 48.5 Å². The summed E-state index contributed by atoms with van der Waals surface area (Å²) in [6, 6.07) is 18.4. The Hall–Kier alpha value is -2.75. The fourth-order valence-electron chi connectivity index (χ4n) is 4.07. The van der Waals surface area contributed by atoms with Crippen molar-refractivity contribution in [2.75, 3.05) is 6.61 Å². The third-order valence-electron chi connectivity index (χ3n) is 5.39. The monoisotopic (exact) mass is 364 g/mol. The van der Waals surface area contributed by atoms with Crippen LogP contribution < -0.4 is 0 Å². The summed E-state index contributed by atoms with van der Waals surface area (Å²) in [6.07, 6.45) is 1.51. The largest absolute Gasteiger partial charge is 0.465 e. The Balaban J connectivity index is 2.04. The Labute approximate surface area is 159 Å². The lowest BCUT2D eigenvalue weighted by Gasteiger charge is -2.34. The molecule has 0 heterocycles. The van der Waals surface area contributed by atoms with Gasteiger partial charge in [-0.2, -0.15) is 0 Å². The van der Waals surface area contributed by atoms with Gasteiger partial charge < -0.3 is 4.74 Å². The summed E-state index contributed by atoms with van der Waals surface area (Å²) in [7, 11) is 0. The minimum Gasteiger partial charge on any atom is -0.465 e. The first-order chi connectivity index (χ1) is 13.1. The van der Waals surface area contributed by atoms with Crippen LogP contribution in [0.3, 0.4) is 0 Å². The van der Waals surface area contributed by atoms with E-state index in [9.17, 15) is 14.4 Å². The Morgan fingerprint density at radius 2 is 1.67 bits per heavy atom. The molecular formula is C23H24O4.